The van der Waals surface area contributed by atoms with Crippen LogP contribution in [-0.2, 0) is 19.5 Å². The maximum absolute atomic E-state index is 12.4. The van der Waals surface area contributed by atoms with E-state index in [-0.39, 0.29) is 11.9 Å². The first kappa shape index (κ1) is 14.7. The minimum absolute atomic E-state index is 0.0550. The number of fused-ring (bicyclic) bond motifs is 1. The van der Waals surface area contributed by atoms with Crippen molar-refractivity contribution in [1.29, 1.82) is 0 Å². The zero-order valence-corrected chi connectivity index (χ0v) is 13.3. The van der Waals surface area contributed by atoms with Crippen molar-refractivity contribution in [2.75, 3.05) is 0 Å². The lowest BCUT2D eigenvalue weighted by Crippen LogP contribution is -2.41. The van der Waals surface area contributed by atoms with Crippen LogP contribution >= 0.6 is 0 Å². The number of furan rings is 1. The van der Waals surface area contributed by atoms with E-state index in [1.165, 1.54) is 0 Å². The van der Waals surface area contributed by atoms with Gasteiger partial charge in [0.1, 0.15) is 17.4 Å². The molecule has 0 aliphatic carbocycles. The molecule has 0 saturated carbocycles. The van der Waals surface area contributed by atoms with Crippen molar-refractivity contribution < 1.29 is 9.21 Å². The number of nitrogens with one attached hydrogen (secondary N) is 1. The summed E-state index contributed by atoms with van der Waals surface area (Å²) in [7, 11) is 0. The fourth-order valence-corrected chi connectivity index (χ4v) is 2.98. The highest BCUT2D eigenvalue weighted by Gasteiger charge is 2.24. The van der Waals surface area contributed by atoms with Crippen molar-refractivity contribution in [3.63, 3.8) is 0 Å². The highest BCUT2D eigenvalue weighted by atomic mass is 16.4. The van der Waals surface area contributed by atoms with Crippen LogP contribution in [-0.4, -0.2) is 36.5 Å². The SMILES string of the molecule is Cc1nnc2n1C[C@@H](NC(=O)c1ccc(Cn3cccn3)o1)CC2. The summed E-state index contributed by atoms with van der Waals surface area (Å²) in [5, 5.41) is 15.4. The van der Waals surface area contributed by atoms with Crippen LogP contribution in [0.1, 0.15) is 34.4 Å². The van der Waals surface area contributed by atoms with Crippen LogP contribution in [0.3, 0.4) is 0 Å². The summed E-state index contributed by atoms with van der Waals surface area (Å²) in [5.74, 6) is 2.69. The largest absolute Gasteiger partial charge is 0.454 e. The van der Waals surface area contributed by atoms with Gasteiger partial charge in [-0.25, -0.2) is 0 Å². The van der Waals surface area contributed by atoms with Crippen molar-refractivity contribution in [3.05, 3.63) is 53.8 Å². The summed E-state index contributed by atoms with van der Waals surface area (Å²) in [5.41, 5.74) is 0. The average Bonchev–Trinajstić information content (AvgIpc) is 3.31. The lowest BCUT2D eigenvalue weighted by atomic mass is 10.1. The molecule has 4 rings (SSSR count). The molecule has 0 fully saturated rings. The summed E-state index contributed by atoms with van der Waals surface area (Å²) < 4.78 is 9.44. The van der Waals surface area contributed by atoms with Crippen LogP contribution in [0.4, 0.5) is 0 Å². The fraction of sp³-hybridized carbons (Fsp3) is 0.375. The number of aryl methyl sites for hydroxylation is 2. The van der Waals surface area contributed by atoms with Gasteiger partial charge in [0.25, 0.3) is 5.91 Å². The molecule has 1 atom stereocenters. The first-order valence-electron chi connectivity index (χ1n) is 7.95. The lowest BCUT2D eigenvalue weighted by molar-refractivity contribution is 0.0897. The van der Waals surface area contributed by atoms with E-state index in [9.17, 15) is 4.79 Å². The molecule has 0 bridgehead atoms. The molecular formula is C16H18N6O2. The normalized spacial score (nSPS) is 16.8. The number of carbonyl (C=O) groups is 1. The monoisotopic (exact) mass is 326 g/mol. The van der Waals surface area contributed by atoms with Gasteiger partial charge in [-0.3, -0.25) is 9.48 Å². The molecule has 0 spiro atoms. The van der Waals surface area contributed by atoms with Gasteiger partial charge in [-0.1, -0.05) is 0 Å². The molecule has 3 aromatic heterocycles. The second-order valence-electron chi connectivity index (χ2n) is 5.95. The molecule has 8 nitrogen and oxygen atoms in total. The van der Waals surface area contributed by atoms with Gasteiger partial charge in [0.2, 0.25) is 0 Å². The topological polar surface area (TPSA) is 90.8 Å². The Labute approximate surface area is 138 Å². The van der Waals surface area contributed by atoms with E-state index < -0.39 is 0 Å². The summed E-state index contributed by atoms with van der Waals surface area (Å²) in [6.45, 7) is 3.13. The Hall–Kier alpha value is -2.90. The van der Waals surface area contributed by atoms with Gasteiger partial charge in [-0.05, 0) is 31.5 Å². The Morgan fingerprint density at radius 1 is 1.42 bits per heavy atom. The molecule has 0 aromatic carbocycles. The van der Waals surface area contributed by atoms with Gasteiger partial charge >= 0.3 is 0 Å². The third kappa shape index (κ3) is 2.82. The molecule has 1 N–H and O–H groups in total. The summed E-state index contributed by atoms with van der Waals surface area (Å²) in [6.07, 6.45) is 5.23. The van der Waals surface area contributed by atoms with Gasteiger partial charge in [0, 0.05) is 31.4 Å². The van der Waals surface area contributed by atoms with E-state index in [1.54, 1.807) is 23.0 Å². The van der Waals surface area contributed by atoms with E-state index in [0.717, 1.165) is 24.5 Å². The van der Waals surface area contributed by atoms with Crippen LogP contribution in [0.2, 0.25) is 0 Å². The van der Waals surface area contributed by atoms with Crippen molar-refractivity contribution in [2.24, 2.45) is 0 Å². The molecule has 0 radical (unpaired) electrons. The quantitative estimate of drug-likeness (QED) is 0.777. The minimum Gasteiger partial charge on any atom is -0.454 e. The number of hydrogen-bond acceptors (Lipinski definition) is 5. The number of amides is 1. The van der Waals surface area contributed by atoms with Gasteiger partial charge in [-0.2, -0.15) is 5.10 Å². The van der Waals surface area contributed by atoms with Crippen LogP contribution in [0.5, 0.6) is 0 Å². The molecule has 124 valence electrons. The maximum atomic E-state index is 12.4. The van der Waals surface area contributed by atoms with Gasteiger partial charge < -0.3 is 14.3 Å². The van der Waals surface area contributed by atoms with E-state index in [4.69, 9.17) is 4.42 Å². The molecule has 24 heavy (non-hydrogen) atoms. The van der Waals surface area contributed by atoms with Crippen LogP contribution in [0.15, 0.2) is 35.0 Å². The highest BCUT2D eigenvalue weighted by Crippen LogP contribution is 2.16. The summed E-state index contributed by atoms with van der Waals surface area (Å²) in [6, 6.07) is 5.41. The summed E-state index contributed by atoms with van der Waals surface area (Å²) in [4.78, 5) is 12.4. The molecule has 3 aromatic rings. The second-order valence-corrected chi connectivity index (χ2v) is 5.95. The standard InChI is InChI=1S/C16H18N6O2/c1-11-19-20-15-6-3-12(9-22(11)15)18-16(23)14-5-4-13(24-14)10-21-8-2-7-17-21/h2,4-5,7-8,12H,3,6,9-10H2,1H3,(H,18,23)/t12-/m0/s1. The van der Waals surface area contributed by atoms with Crippen molar-refractivity contribution >= 4 is 5.91 Å². The molecule has 1 amide bonds. The molecule has 4 heterocycles. The minimum atomic E-state index is -0.194. The lowest BCUT2D eigenvalue weighted by Gasteiger charge is -2.24. The molecule has 0 unspecified atom stereocenters. The van der Waals surface area contributed by atoms with E-state index in [0.29, 0.717) is 24.6 Å². The van der Waals surface area contributed by atoms with Gasteiger partial charge in [-0.15, -0.1) is 10.2 Å². The van der Waals surface area contributed by atoms with Crippen LogP contribution < -0.4 is 5.32 Å². The molecule has 8 heteroatoms. The van der Waals surface area contributed by atoms with Gasteiger partial charge in [0.05, 0.1) is 6.54 Å². The third-order valence-electron chi connectivity index (χ3n) is 4.23. The van der Waals surface area contributed by atoms with Crippen molar-refractivity contribution in [1.82, 2.24) is 29.9 Å². The fourth-order valence-electron chi connectivity index (χ4n) is 2.98. The van der Waals surface area contributed by atoms with Crippen LogP contribution in [0, 0.1) is 6.92 Å². The zero-order valence-electron chi connectivity index (χ0n) is 13.3. The second kappa shape index (κ2) is 5.95. The Morgan fingerprint density at radius 3 is 3.17 bits per heavy atom. The Morgan fingerprint density at radius 2 is 2.33 bits per heavy atom. The molecule has 0 saturated heterocycles. The predicted molar refractivity (Wildman–Crippen MR) is 84.4 cm³/mol. The zero-order chi connectivity index (χ0) is 16.5. The predicted octanol–water partition coefficient (Wildman–Crippen LogP) is 1.17. The maximum Gasteiger partial charge on any atom is 0.287 e. The van der Waals surface area contributed by atoms with Gasteiger partial charge in [0.15, 0.2) is 5.76 Å². The Balaban J connectivity index is 1.40. The number of aromatic nitrogens is 5. The first-order chi connectivity index (χ1) is 11.7. The Bertz CT molecular complexity index is 848. The van der Waals surface area contributed by atoms with E-state index >= 15 is 0 Å². The van der Waals surface area contributed by atoms with E-state index in [2.05, 4.69) is 25.2 Å². The number of nitrogens with zero attached hydrogens (tertiary/aromatic N) is 5. The summed E-state index contributed by atoms with van der Waals surface area (Å²) >= 11 is 0. The number of rotatable bonds is 4. The van der Waals surface area contributed by atoms with Crippen LogP contribution in [0.25, 0.3) is 0 Å². The number of hydrogen-bond donors (Lipinski definition) is 1. The Kier molecular flexibility index (Phi) is 3.64. The molecular weight excluding hydrogens is 308 g/mol. The third-order valence-corrected chi connectivity index (χ3v) is 4.23. The number of carbonyl (C=O) groups excluding carboxylic acids is 1. The van der Waals surface area contributed by atoms with E-state index in [1.807, 2.05) is 19.2 Å². The smallest absolute Gasteiger partial charge is 0.287 e. The highest BCUT2D eigenvalue weighted by molar-refractivity contribution is 5.91. The molecule has 1 aliphatic rings. The van der Waals surface area contributed by atoms with Crippen molar-refractivity contribution in [3.8, 4) is 0 Å². The average molecular weight is 326 g/mol. The molecule has 1 aliphatic heterocycles. The van der Waals surface area contributed by atoms with Crippen molar-refractivity contribution in [2.45, 2.75) is 38.9 Å². The first-order valence-corrected chi connectivity index (χ1v) is 7.95.